The lowest BCUT2D eigenvalue weighted by atomic mass is 9.85. The summed E-state index contributed by atoms with van der Waals surface area (Å²) in [6.45, 7) is 4.35. The molecule has 0 N–H and O–H groups in total. The maximum absolute atomic E-state index is 6.03. The summed E-state index contributed by atoms with van der Waals surface area (Å²) in [5.41, 5.74) is 1.12. The number of rotatable bonds is 5. The molecule has 0 bridgehead atoms. The largest absolute Gasteiger partial charge is 0.356 e. The first-order valence-electron chi connectivity index (χ1n) is 7.51. The summed E-state index contributed by atoms with van der Waals surface area (Å²) in [7, 11) is 0. The number of anilines is 1. The number of nitrogens with zero attached hydrogens (tertiary/aromatic N) is 2. The van der Waals surface area contributed by atoms with Crippen molar-refractivity contribution in [2.75, 3.05) is 18.0 Å². The summed E-state index contributed by atoms with van der Waals surface area (Å²) < 4.78 is 0. The van der Waals surface area contributed by atoms with Gasteiger partial charge in [0.05, 0.1) is 0 Å². The lowest BCUT2D eigenvalue weighted by Crippen LogP contribution is -2.33. The third-order valence-corrected chi connectivity index (χ3v) is 4.67. The van der Waals surface area contributed by atoms with Gasteiger partial charge in [-0.1, -0.05) is 30.7 Å². The van der Waals surface area contributed by atoms with Gasteiger partial charge >= 0.3 is 0 Å². The van der Waals surface area contributed by atoms with Crippen molar-refractivity contribution in [3.05, 3.63) is 36.0 Å². The molecule has 1 aromatic carbocycles. The van der Waals surface area contributed by atoms with Crippen LogP contribution in [0.15, 0.2) is 30.5 Å². The normalized spacial score (nSPS) is 15.3. The summed E-state index contributed by atoms with van der Waals surface area (Å²) >= 11 is 6.03. The number of pyridine rings is 1. The highest BCUT2D eigenvalue weighted by Gasteiger charge is 2.22. The second-order valence-corrected chi connectivity index (χ2v) is 5.89. The van der Waals surface area contributed by atoms with Gasteiger partial charge in [-0.25, -0.2) is 4.98 Å². The molecule has 0 radical (unpaired) electrons. The highest BCUT2D eigenvalue weighted by Crippen LogP contribution is 2.32. The van der Waals surface area contributed by atoms with Crippen LogP contribution in [0.4, 0.5) is 5.82 Å². The Morgan fingerprint density at radius 3 is 2.60 bits per heavy atom. The maximum Gasteiger partial charge on any atom is 0.136 e. The van der Waals surface area contributed by atoms with Crippen LogP contribution in [0.25, 0.3) is 10.8 Å². The Kier molecular flexibility index (Phi) is 4.11. The monoisotopic (exact) mass is 288 g/mol. The smallest absolute Gasteiger partial charge is 0.136 e. The van der Waals surface area contributed by atoms with Crippen LogP contribution in [0.1, 0.15) is 31.7 Å². The molecule has 0 amide bonds. The average Bonchev–Trinajstić information content (AvgIpc) is 2.46. The summed E-state index contributed by atoms with van der Waals surface area (Å²) in [6, 6.07) is 8.47. The summed E-state index contributed by atoms with van der Waals surface area (Å²) in [5, 5.41) is 2.46. The minimum Gasteiger partial charge on any atom is -0.356 e. The van der Waals surface area contributed by atoms with Crippen LogP contribution in [0.3, 0.4) is 0 Å². The van der Waals surface area contributed by atoms with E-state index in [0.29, 0.717) is 5.88 Å². The molecular weight excluding hydrogens is 268 g/mol. The number of hydrogen-bond donors (Lipinski definition) is 0. The zero-order valence-corrected chi connectivity index (χ0v) is 12.7. The third kappa shape index (κ3) is 2.49. The van der Waals surface area contributed by atoms with Gasteiger partial charge in [0.1, 0.15) is 5.82 Å². The summed E-state index contributed by atoms with van der Waals surface area (Å²) in [6.07, 6.45) is 6.07. The molecule has 1 aliphatic rings. The Hall–Kier alpha value is -1.28. The molecular formula is C17H21ClN2. The van der Waals surface area contributed by atoms with E-state index in [1.54, 1.807) is 0 Å². The molecule has 0 saturated heterocycles. The second-order valence-electron chi connectivity index (χ2n) is 5.62. The molecule has 1 saturated carbocycles. The molecule has 20 heavy (non-hydrogen) atoms. The van der Waals surface area contributed by atoms with Crippen LogP contribution in [0.5, 0.6) is 0 Å². The van der Waals surface area contributed by atoms with Crippen LogP contribution >= 0.6 is 11.6 Å². The predicted octanol–water partition coefficient (Wildman–Crippen LogP) is 4.60. The zero-order valence-electron chi connectivity index (χ0n) is 12.0. The fourth-order valence-electron chi connectivity index (χ4n) is 2.95. The van der Waals surface area contributed by atoms with Crippen LogP contribution in [-0.4, -0.2) is 18.1 Å². The number of fused-ring (bicyclic) bond motifs is 1. The molecule has 1 fully saturated rings. The van der Waals surface area contributed by atoms with Crippen molar-refractivity contribution < 1.29 is 0 Å². The van der Waals surface area contributed by atoms with Crippen molar-refractivity contribution >= 4 is 28.2 Å². The molecule has 3 heteroatoms. The molecule has 3 rings (SSSR count). The standard InChI is InChI=1S/C17H21ClN2/c1-2-20(12-13-6-5-7-13)17-16-9-4-3-8-15(16)14(10-18)11-19-17/h3-4,8-9,11,13H,2,5-7,10,12H2,1H3. The zero-order chi connectivity index (χ0) is 13.9. The Bertz CT molecular complexity index is 593. The minimum atomic E-state index is 0.516. The van der Waals surface area contributed by atoms with E-state index < -0.39 is 0 Å². The molecule has 106 valence electrons. The van der Waals surface area contributed by atoms with Crippen molar-refractivity contribution in [3.8, 4) is 0 Å². The van der Waals surface area contributed by atoms with Crippen molar-refractivity contribution in [3.63, 3.8) is 0 Å². The molecule has 1 aromatic heterocycles. The van der Waals surface area contributed by atoms with Gasteiger partial charge in [-0.3, -0.25) is 0 Å². The first-order chi connectivity index (χ1) is 9.83. The van der Waals surface area contributed by atoms with Gasteiger partial charge in [-0.2, -0.15) is 0 Å². The Labute approximate surface area is 125 Å². The lowest BCUT2D eigenvalue weighted by molar-refractivity contribution is 0.318. The van der Waals surface area contributed by atoms with Gasteiger partial charge in [-0.15, -0.1) is 11.6 Å². The van der Waals surface area contributed by atoms with E-state index in [2.05, 4.69) is 36.1 Å². The van der Waals surface area contributed by atoms with E-state index in [1.807, 2.05) is 6.20 Å². The lowest BCUT2D eigenvalue weighted by Gasteiger charge is -2.33. The number of halogens is 1. The first-order valence-corrected chi connectivity index (χ1v) is 8.04. The average molecular weight is 289 g/mol. The quantitative estimate of drug-likeness (QED) is 0.748. The first kappa shape index (κ1) is 13.7. The molecule has 1 aliphatic carbocycles. The number of hydrogen-bond acceptors (Lipinski definition) is 2. The van der Waals surface area contributed by atoms with Gasteiger partial charge in [-0.05, 0) is 36.6 Å². The van der Waals surface area contributed by atoms with Crippen LogP contribution in [0.2, 0.25) is 0 Å². The Morgan fingerprint density at radius 2 is 2.00 bits per heavy atom. The molecule has 0 aliphatic heterocycles. The van der Waals surface area contributed by atoms with Crippen molar-refractivity contribution in [2.45, 2.75) is 32.1 Å². The fraction of sp³-hybridized carbons (Fsp3) is 0.471. The summed E-state index contributed by atoms with van der Waals surface area (Å²) in [4.78, 5) is 7.12. The molecule has 0 unspecified atom stereocenters. The topological polar surface area (TPSA) is 16.1 Å². The Balaban J connectivity index is 2.00. The molecule has 2 nitrogen and oxygen atoms in total. The molecule has 0 spiro atoms. The van der Waals surface area contributed by atoms with Crippen molar-refractivity contribution in [2.24, 2.45) is 5.92 Å². The SMILES string of the molecule is CCN(CC1CCC1)c1ncc(CCl)c2ccccc12. The van der Waals surface area contributed by atoms with E-state index in [-0.39, 0.29) is 0 Å². The van der Waals surface area contributed by atoms with E-state index in [4.69, 9.17) is 16.6 Å². The predicted molar refractivity (Wildman–Crippen MR) is 86.5 cm³/mol. The molecule has 1 heterocycles. The van der Waals surface area contributed by atoms with Crippen LogP contribution < -0.4 is 4.90 Å². The minimum absolute atomic E-state index is 0.516. The number of alkyl halides is 1. The van der Waals surface area contributed by atoms with E-state index in [0.717, 1.165) is 30.4 Å². The van der Waals surface area contributed by atoms with Gasteiger partial charge in [0.25, 0.3) is 0 Å². The summed E-state index contributed by atoms with van der Waals surface area (Å²) in [5.74, 6) is 2.48. The number of benzene rings is 1. The highest BCUT2D eigenvalue weighted by atomic mass is 35.5. The molecule has 2 aromatic rings. The maximum atomic E-state index is 6.03. The van der Waals surface area contributed by atoms with Crippen molar-refractivity contribution in [1.29, 1.82) is 0 Å². The van der Waals surface area contributed by atoms with Gasteiger partial charge < -0.3 is 4.90 Å². The van der Waals surface area contributed by atoms with E-state index in [1.165, 1.54) is 30.0 Å². The van der Waals surface area contributed by atoms with Gasteiger partial charge in [0.2, 0.25) is 0 Å². The van der Waals surface area contributed by atoms with Crippen LogP contribution in [-0.2, 0) is 5.88 Å². The molecule has 0 atom stereocenters. The van der Waals surface area contributed by atoms with Gasteiger partial charge in [0, 0.05) is 30.6 Å². The van der Waals surface area contributed by atoms with Gasteiger partial charge in [0.15, 0.2) is 0 Å². The van der Waals surface area contributed by atoms with E-state index >= 15 is 0 Å². The second kappa shape index (κ2) is 6.01. The Morgan fingerprint density at radius 1 is 1.25 bits per heavy atom. The third-order valence-electron chi connectivity index (χ3n) is 4.39. The van der Waals surface area contributed by atoms with E-state index in [9.17, 15) is 0 Å². The van der Waals surface area contributed by atoms with Crippen LogP contribution in [0, 0.1) is 5.92 Å². The van der Waals surface area contributed by atoms with Crippen molar-refractivity contribution in [1.82, 2.24) is 4.98 Å². The highest BCUT2D eigenvalue weighted by molar-refractivity contribution is 6.18. The fourth-order valence-corrected chi connectivity index (χ4v) is 3.16. The number of aromatic nitrogens is 1.